The maximum Gasteiger partial charge on any atom is 0.168 e. The first-order chi connectivity index (χ1) is 9.79. The highest BCUT2D eigenvalue weighted by Crippen LogP contribution is 2.21. The number of nitrogens with two attached hydrogens (primary N) is 1. The van der Waals surface area contributed by atoms with Crippen LogP contribution in [0.15, 0.2) is 36.8 Å². The van der Waals surface area contributed by atoms with Gasteiger partial charge in [0.25, 0.3) is 0 Å². The molecule has 3 N–H and O–H groups in total. The summed E-state index contributed by atoms with van der Waals surface area (Å²) in [4.78, 5) is 8.41. The lowest BCUT2D eigenvalue weighted by molar-refractivity contribution is 0.627. The zero-order valence-electron chi connectivity index (χ0n) is 10.6. The molecule has 0 aliphatic carbocycles. The lowest BCUT2D eigenvalue weighted by Crippen LogP contribution is -2.14. The minimum atomic E-state index is -0.287. The smallest absolute Gasteiger partial charge is 0.168 e. The number of rotatable bonds is 4. The van der Waals surface area contributed by atoms with Gasteiger partial charge < -0.3 is 11.1 Å². The summed E-state index contributed by atoms with van der Waals surface area (Å²) in [7, 11) is 0. The molecule has 0 amide bonds. The molecule has 3 rings (SSSR count). The number of aromatic nitrogens is 4. The normalized spacial score (nSPS) is 10.9. The molecule has 0 aliphatic rings. The Kier molecular flexibility index (Phi) is 3.26. The fourth-order valence-corrected chi connectivity index (χ4v) is 1.95. The quantitative estimate of drug-likeness (QED) is 0.748. The molecule has 2 aromatic heterocycles. The summed E-state index contributed by atoms with van der Waals surface area (Å²) < 4.78 is 14.6. The van der Waals surface area contributed by atoms with Crippen LogP contribution in [0.5, 0.6) is 0 Å². The van der Waals surface area contributed by atoms with Crippen molar-refractivity contribution in [2.45, 2.75) is 0 Å². The lowest BCUT2D eigenvalue weighted by Gasteiger charge is -2.05. The van der Waals surface area contributed by atoms with Gasteiger partial charge in [0.1, 0.15) is 18.0 Å². The number of hydrogen-bond acceptors (Lipinski definition) is 5. The minimum absolute atomic E-state index is 0.287. The number of benzene rings is 1. The average Bonchev–Trinajstić information content (AvgIpc) is 2.90. The molecule has 0 aliphatic heterocycles. The Bertz CT molecular complexity index is 721. The summed E-state index contributed by atoms with van der Waals surface area (Å²) in [5.74, 6) is 0.402. The lowest BCUT2D eigenvalue weighted by atomic mass is 10.3. The van der Waals surface area contributed by atoms with Gasteiger partial charge in [-0.05, 0) is 24.3 Å². The predicted octanol–water partition coefficient (Wildman–Crippen LogP) is 1.33. The predicted molar refractivity (Wildman–Crippen MR) is 74.2 cm³/mol. The van der Waals surface area contributed by atoms with Crippen molar-refractivity contribution in [3.05, 3.63) is 42.6 Å². The van der Waals surface area contributed by atoms with E-state index in [1.54, 1.807) is 23.0 Å². The molecule has 1 aromatic carbocycles. The third kappa shape index (κ3) is 2.19. The molecule has 0 spiro atoms. The van der Waals surface area contributed by atoms with Crippen LogP contribution in [0.25, 0.3) is 16.7 Å². The molecule has 3 aromatic rings. The Morgan fingerprint density at radius 3 is 2.75 bits per heavy atom. The maximum atomic E-state index is 13.0. The van der Waals surface area contributed by atoms with Crippen LogP contribution in [0.2, 0.25) is 0 Å². The van der Waals surface area contributed by atoms with Crippen LogP contribution in [0.4, 0.5) is 10.2 Å². The van der Waals surface area contributed by atoms with Crippen molar-refractivity contribution in [2.24, 2.45) is 5.73 Å². The van der Waals surface area contributed by atoms with Crippen molar-refractivity contribution in [1.29, 1.82) is 0 Å². The number of halogens is 1. The molecule has 102 valence electrons. The van der Waals surface area contributed by atoms with Gasteiger partial charge in [0.05, 0.1) is 17.3 Å². The van der Waals surface area contributed by atoms with Gasteiger partial charge in [0.2, 0.25) is 0 Å². The number of nitrogens with one attached hydrogen (secondary N) is 1. The van der Waals surface area contributed by atoms with E-state index >= 15 is 0 Å². The summed E-state index contributed by atoms with van der Waals surface area (Å²) >= 11 is 0. The summed E-state index contributed by atoms with van der Waals surface area (Å²) in [6.45, 7) is 1.13. The van der Waals surface area contributed by atoms with E-state index in [1.807, 2.05) is 0 Å². The van der Waals surface area contributed by atoms with E-state index in [4.69, 9.17) is 5.73 Å². The summed E-state index contributed by atoms with van der Waals surface area (Å²) in [5, 5.41) is 8.20. The Labute approximate surface area is 114 Å². The molecule has 7 heteroatoms. The Morgan fingerprint density at radius 1 is 1.20 bits per heavy atom. The van der Waals surface area contributed by atoms with Crippen LogP contribution in [0, 0.1) is 5.82 Å². The number of hydrogen-bond donors (Lipinski definition) is 2. The molecule has 0 saturated carbocycles. The van der Waals surface area contributed by atoms with E-state index in [9.17, 15) is 4.39 Å². The molecule has 2 heterocycles. The number of nitrogens with zero attached hydrogens (tertiary/aromatic N) is 4. The summed E-state index contributed by atoms with van der Waals surface area (Å²) in [6, 6.07) is 6.07. The Hall–Kier alpha value is -2.54. The van der Waals surface area contributed by atoms with E-state index in [-0.39, 0.29) is 5.82 Å². The fourth-order valence-electron chi connectivity index (χ4n) is 1.95. The van der Waals surface area contributed by atoms with Crippen LogP contribution < -0.4 is 11.1 Å². The van der Waals surface area contributed by atoms with Gasteiger partial charge in [-0.15, -0.1) is 0 Å². The molecule has 0 unspecified atom stereocenters. The fraction of sp³-hybridized carbons (Fsp3) is 0.154. The molecule has 0 saturated heterocycles. The third-order valence-electron chi connectivity index (χ3n) is 2.87. The topological polar surface area (TPSA) is 81.7 Å². The monoisotopic (exact) mass is 272 g/mol. The number of anilines is 1. The Balaban J connectivity index is 2.07. The van der Waals surface area contributed by atoms with Gasteiger partial charge in [-0.25, -0.2) is 19.0 Å². The van der Waals surface area contributed by atoms with Gasteiger partial charge in [-0.2, -0.15) is 5.10 Å². The summed E-state index contributed by atoms with van der Waals surface area (Å²) in [5.41, 5.74) is 6.87. The maximum absolute atomic E-state index is 13.0. The standard InChI is InChI=1S/C13H13FN6/c14-9-1-3-10(4-2-9)20-13-11(7-19-20)12(16-6-5-15)17-8-18-13/h1-4,7-8H,5-6,15H2,(H,16,17,18). The largest absolute Gasteiger partial charge is 0.368 e. The van der Waals surface area contributed by atoms with Crippen LogP contribution in [0.3, 0.4) is 0 Å². The first kappa shape index (κ1) is 12.5. The van der Waals surface area contributed by atoms with Crippen molar-refractivity contribution < 1.29 is 4.39 Å². The minimum Gasteiger partial charge on any atom is -0.368 e. The van der Waals surface area contributed by atoms with E-state index in [1.165, 1.54) is 18.5 Å². The van der Waals surface area contributed by atoms with Gasteiger partial charge in [0, 0.05) is 13.1 Å². The average molecular weight is 272 g/mol. The van der Waals surface area contributed by atoms with Gasteiger partial charge >= 0.3 is 0 Å². The van der Waals surface area contributed by atoms with Crippen molar-refractivity contribution >= 4 is 16.9 Å². The van der Waals surface area contributed by atoms with E-state index in [0.29, 0.717) is 24.6 Å². The van der Waals surface area contributed by atoms with Crippen molar-refractivity contribution in [1.82, 2.24) is 19.7 Å². The van der Waals surface area contributed by atoms with Gasteiger partial charge in [0.15, 0.2) is 5.65 Å². The highest BCUT2D eigenvalue weighted by Gasteiger charge is 2.10. The highest BCUT2D eigenvalue weighted by molar-refractivity contribution is 5.87. The van der Waals surface area contributed by atoms with Crippen LogP contribution in [0.1, 0.15) is 0 Å². The van der Waals surface area contributed by atoms with Crippen molar-refractivity contribution in [2.75, 3.05) is 18.4 Å². The number of fused-ring (bicyclic) bond motifs is 1. The van der Waals surface area contributed by atoms with E-state index in [0.717, 1.165) is 11.1 Å². The third-order valence-corrected chi connectivity index (χ3v) is 2.87. The Morgan fingerprint density at radius 2 is 2.00 bits per heavy atom. The second kappa shape index (κ2) is 5.22. The SMILES string of the molecule is NCCNc1ncnc2c1cnn2-c1ccc(F)cc1. The second-order valence-corrected chi connectivity index (χ2v) is 4.21. The van der Waals surface area contributed by atoms with Crippen LogP contribution in [-0.2, 0) is 0 Å². The molecule has 0 atom stereocenters. The van der Waals surface area contributed by atoms with E-state index in [2.05, 4.69) is 20.4 Å². The van der Waals surface area contributed by atoms with Crippen molar-refractivity contribution in [3.63, 3.8) is 0 Å². The molecule has 0 fully saturated rings. The van der Waals surface area contributed by atoms with Crippen molar-refractivity contribution in [3.8, 4) is 5.69 Å². The first-order valence-corrected chi connectivity index (χ1v) is 6.18. The second-order valence-electron chi connectivity index (χ2n) is 4.21. The van der Waals surface area contributed by atoms with E-state index < -0.39 is 0 Å². The zero-order valence-corrected chi connectivity index (χ0v) is 10.6. The molecule has 6 nitrogen and oxygen atoms in total. The molecule has 0 radical (unpaired) electrons. The first-order valence-electron chi connectivity index (χ1n) is 6.18. The zero-order chi connectivity index (χ0) is 13.9. The highest BCUT2D eigenvalue weighted by atomic mass is 19.1. The van der Waals surface area contributed by atoms with Gasteiger partial charge in [-0.1, -0.05) is 0 Å². The van der Waals surface area contributed by atoms with Crippen LogP contribution >= 0.6 is 0 Å². The molecular formula is C13H13FN6. The molecule has 0 bridgehead atoms. The molecular weight excluding hydrogens is 259 g/mol. The van der Waals surface area contributed by atoms with Crippen LogP contribution in [-0.4, -0.2) is 32.8 Å². The molecule has 20 heavy (non-hydrogen) atoms. The van der Waals surface area contributed by atoms with Gasteiger partial charge in [-0.3, -0.25) is 0 Å². The summed E-state index contributed by atoms with van der Waals surface area (Å²) in [6.07, 6.45) is 3.14.